The number of pyridine rings is 1. The highest BCUT2D eigenvalue weighted by Gasteiger charge is 2.19. The topological polar surface area (TPSA) is 38.7 Å². The number of rotatable bonds is 6. The van der Waals surface area contributed by atoms with Crippen LogP contribution in [-0.4, -0.2) is 15.0 Å². The van der Waals surface area contributed by atoms with Crippen LogP contribution in [0.1, 0.15) is 0 Å². The predicted molar refractivity (Wildman–Crippen MR) is 260 cm³/mol. The van der Waals surface area contributed by atoms with E-state index in [0.717, 1.165) is 50.3 Å². The summed E-state index contributed by atoms with van der Waals surface area (Å²) in [6, 6.07) is 72.9. The van der Waals surface area contributed by atoms with Crippen LogP contribution in [0.25, 0.3) is 132 Å². The highest BCUT2D eigenvalue weighted by molar-refractivity contribution is 6.27. The molecule has 0 aliphatic heterocycles. The van der Waals surface area contributed by atoms with E-state index in [9.17, 15) is 0 Å². The van der Waals surface area contributed by atoms with Gasteiger partial charge >= 0.3 is 0 Å². The molecule has 11 aromatic carbocycles. The fraction of sp³-hybridized carbons (Fsp3) is 0. The third kappa shape index (κ3) is 5.49. The molecule has 0 saturated carbocycles. The number of hydrogen-bond acceptors (Lipinski definition) is 3. The third-order valence-electron chi connectivity index (χ3n) is 12.9. The SMILES string of the molecule is c1ccc(-c2nc(-c3ccc(-c4ccncc4)cc3)cc(-c3cc(-c4ccc5ccc6cccc7ccc4c5c67)cc(-c4ccc5ccc6cccc7ccc4c5c67)c3)n2)cc1. The van der Waals surface area contributed by atoms with E-state index in [4.69, 9.17) is 9.97 Å². The van der Waals surface area contributed by atoms with Crippen molar-refractivity contribution in [1.82, 2.24) is 15.0 Å². The summed E-state index contributed by atoms with van der Waals surface area (Å²) in [5, 5.41) is 15.3. The van der Waals surface area contributed by atoms with Gasteiger partial charge < -0.3 is 0 Å². The van der Waals surface area contributed by atoms with E-state index in [0.29, 0.717) is 5.82 Å². The summed E-state index contributed by atoms with van der Waals surface area (Å²) in [4.78, 5) is 14.8. The molecule has 0 aliphatic carbocycles. The van der Waals surface area contributed by atoms with Gasteiger partial charge in [0.15, 0.2) is 5.82 Å². The fourth-order valence-electron chi connectivity index (χ4n) is 9.90. The second-order valence-electron chi connectivity index (χ2n) is 16.4. The molecule has 0 fully saturated rings. The second-order valence-corrected chi connectivity index (χ2v) is 16.4. The summed E-state index contributed by atoms with van der Waals surface area (Å²) >= 11 is 0. The maximum absolute atomic E-state index is 5.37. The zero-order chi connectivity index (χ0) is 40.7. The fourth-order valence-corrected chi connectivity index (χ4v) is 9.90. The molecule has 13 rings (SSSR count). The van der Waals surface area contributed by atoms with E-state index >= 15 is 0 Å². The lowest BCUT2D eigenvalue weighted by atomic mass is 9.86. The summed E-state index contributed by atoms with van der Waals surface area (Å²) in [6.07, 6.45) is 3.67. The minimum absolute atomic E-state index is 0.689. The Hall–Kier alpha value is -8.27. The molecule has 3 heteroatoms. The summed E-state index contributed by atoms with van der Waals surface area (Å²) in [5.41, 5.74) is 11.7. The van der Waals surface area contributed by atoms with Gasteiger partial charge in [-0.1, -0.05) is 164 Å². The van der Waals surface area contributed by atoms with Crippen LogP contribution >= 0.6 is 0 Å². The number of benzene rings is 11. The Bertz CT molecular complexity index is 3640. The standard InChI is InChI=1S/C59H35N3/c1-2-6-45(7-3-1)59-61-53(38-14-12-36(13-15-38)37-28-30-60-31-29-37)35-54(62-59)48-33-46(49-24-20-43-18-16-39-8-4-10-41-22-26-51(49)57(43)55(39)41)32-47(34-48)50-25-21-44-19-17-40-9-5-11-42-23-27-52(50)58(44)56(40)42/h1-35H. The van der Waals surface area contributed by atoms with Crippen LogP contribution in [-0.2, 0) is 0 Å². The molecule has 2 aromatic heterocycles. The van der Waals surface area contributed by atoms with Crippen LogP contribution in [0, 0.1) is 0 Å². The second kappa shape index (κ2) is 13.6. The van der Waals surface area contributed by atoms with E-state index in [1.807, 2.05) is 30.6 Å². The molecule has 0 saturated heterocycles. The molecule has 0 spiro atoms. The molecule has 0 amide bonds. The van der Waals surface area contributed by atoms with Crippen LogP contribution < -0.4 is 0 Å². The molecule has 0 aliphatic rings. The van der Waals surface area contributed by atoms with E-state index < -0.39 is 0 Å². The van der Waals surface area contributed by atoms with Gasteiger partial charge in [-0.2, -0.15) is 0 Å². The molecule has 3 nitrogen and oxygen atoms in total. The first-order valence-corrected chi connectivity index (χ1v) is 21.1. The van der Waals surface area contributed by atoms with Crippen LogP contribution in [0.15, 0.2) is 213 Å². The van der Waals surface area contributed by atoms with Gasteiger partial charge in [0.25, 0.3) is 0 Å². The largest absolute Gasteiger partial charge is 0.265 e. The molecular weight excluding hydrogens is 751 g/mol. The zero-order valence-electron chi connectivity index (χ0n) is 33.5. The van der Waals surface area contributed by atoms with E-state index in [1.54, 1.807) is 0 Å². The van der Waals surface area contributed by atoms with Gasteiger partial charge in [0.1, 0.15) is 0 Å². The smallest absolute Gasteiger partial charge is 0.160 e. The van der Waals surface area contributed by atoms with Crippen molar-refractivity contribution in [2.45, 2.75) is 0 Å². The first-order valence-electron chi connectivity index (χ1n) is 21.1. The molecule has 0 atom stereocenters. The molecule has 2 heterocycles. The molecule has 0 radical (unpaired) electrons. The van der Waals surface area contributed by atoms with Crippen LogP contribution in [0.2, 0.25) is 0 Å². The van der Waals surface area contributed by atoms with Crippen LogP contribution in [0.4, 0.5) is 0 Å². The Labute approximate surface area is 357 Å². The Balaban J connectivity index is 1.07. The van der Waals surface area contributed by atoms with Gasteiger partial charge in [0, 0.05) is 29.1 Å². The lowest BCUT2D eigenvalue weighted by Crippen LogP contribution is -1.97. The summed E-state index contributed by atoms with van der Waals surface area (Å²) < 4.78 is 0. The zero-order valence-corrected chi connectivity index (χ0v) is 33.5. The van der Waals surface area contributed by atoms with Crippen LogP contribution in [0.3, 0.4) is 0 Å². The quantitative estimate of drug-likeness (QED) is 0.158. The molecule has 13 aromatic rings. The third-order valence-corrected chi connectivity index (χ3v) is 12.9. The number of hydrogen-bond donors (Lipinski definition) is 0. The minimum Gasteiger partial charge on any atom is -0.265 e. The molecule has 0 unspecified atom stereocenters. The molecule has 286 valence electrons. The number of aromatic nitrogens is 3. The van der Waals surface area contributed by atoms with E-state index in [2.05, 4.69) is 187 Å². The average Bonchev–Trinajstić information content (AvgIpc) is 3.35. The monoisotopic (exact) mass is 785 g/mol. The van der Waals surface area contributed by atoms with Crippen molar-refractivity contribution < 1.29 is 0 Å². The van der Waals surface area contributed by atoms with Crippen molar-refractivity contribution in [3.05, 3.63) is 213 Å². The summed E-state index contributed by atoms with van der Waals surface area (Å²) in [5.74, 6) is 0.689. The van der Waals surface area contributed by atoms with Gasteiger partial charge in [-0.15, -0.1) is 0 Å². The van der Waals surface area contributed by atoms with Crippen molar-refractivity contribution in [3.63, 3.8) is 0 Å². The Morgan fingerprint density at radius 3 is 1.24 bits per heavy atom. The van der Waals surface area contributed by atoms with Crippen LogP contribution in [0.5, 0.6) is 0 Å². The molecule has 0 bridgehead atoms. The molecular formula is C59H35N3. The van der Waals surface area contributed by atoms with Crippen molar-refractivity contribution in [2.24, 2.45) is 0 Å². The lowest BCUT2D eigenvalue weighted by Gasteiger charge is -2.18. The van der Waals surface area contributed by atoms with E-state index in [1.165, 1.54) is 75.8 Å². The predicted octanol–water partition coefficient (Wildman–Crippen LogP) is 15.7. The first-order chi connectivity index (χ1) is 30.7. The number of nitrogens with zero attached hydrogens (tertiary/aromatic N) is 3. The Kier molecular flexibility index (Phi) is 7.60. The summed E-state index contributed by atoms with van der Waals surface area (Å²) in [7, 11) is 0. The lowest BCUT2D eigenvalue weighted by molar-refractivity contribution is 1.18. The Morgan fingerprint density at radius 2 is 0.694 bits per heavy atom. The maximum atomic E-state index is 5.37. The van der Waals surface area contributed by atoms with Crippen molar-refractivity contribution in [3.8, 4) is 67.3 Å². The normalized spacial score (nSPS) is 11.9. The van der Waals surface area contributed by atoms with Gasteiger partial charge in [0.2, 0.25) is 0 Å². The van der Waals surface area contributed by atoms with Gasteiger partial charge in [-0.05, 0) is 134 Å². The maximum Gasteiger partial charge on any atom is 0.160 e. The average molecular weight is 786 g/mol. The first kappa shape index (κ1) is 34.6. The van der Waals surface area contributed by atoms with Crippen molar-refractivity contribution in [1.29, 1.82) is 0 Å². The molecule has 0 N–H and O–H groups in total. The van der Waals surface area contributed by atoms with Gasteiger partial charge in [-0.25, -0.2) is 9.97 Å². The van der Waals surface area contributed by atoms with E-state index in [-0.39, 0.29) is 0 Å². The molecule has 62 heavy (non-hydrogen) atoms. The minimum atomic E-state index is 0.689. The highest BCUT2D eigenvalue weighted by atomic mass is 14.9. The van der Waals surface area contributed by atoms with Gasteiger partial charge in [-0.3, -0.25) is 4.98 Å². The summed E-state index contributed by atoms with van der Waals surface area (Å²) in [6.45, 7) is 0. The highest BCUT2D eigenvalue weighted by Crippen LogP contribution is 2.44. The van der Waals surface area contributed by atoms with Crippen molar-refractivity contribution >= 4 is 64.6 Å². The van der Waals surface area contributed by atoms with Crippen molar-refractivity contribution in [2.75, 3.05) is 0 Å². The Morgan fingerprint density at radius 1 is 0.258 bits per heavy atom. The van der Waals surface area contributed by atoms with Gasteiger partial charge in [0.05, 0.1) is 11.4 Å².